The lowest BCUT2D eigenvalue weighted by atomic mass is 9.84. The van der Waals surface area contributed by atoms with E-state index in [4.69, 9.17) is 16.3 Å². The number of fused-ring (bicyclic) bond motifs is 2. The number of allylic oxidation sites excluding steroid dienone is 1. The molecule has 0 saturated carbocycles. The molecule has 0 atom stereocenters. The molecule has 1 saturated heterocycles. The van der Waals surface area contributed by atoms with E-state index in [0.29, 0.717) is 16.5 Å². The lowest BCUT2D eigenvalue weighted by molar-refractivity contribution is -0.113. The van der Waals surface area contributed by atoms with Crippen molar-refractivity contribution in [1.82, 2.24) is 4.90 Å². The van der Waals surface area contributed by atoms with Crippen LogP contribution < -0.4 is 0 Å². The Hall–Kier alpha value is -2.08. The number of amidine groups is 1. The third-order valence-electron chi connectivity index (χ3n) is 6.06. The predicted molar refractivity (Wildman–Crippen MR) is 118 cm³/mol. The van der Waals surface area contributed by atoms with E-state index in [1.807, 2.05) is 31.2 Å². The Kier molecular flexibility index (Phi) is 4.77. The Morgan fingerprint density at radius 3 is 2.62 bits per heavy atom. The summed E-state index contributed by atoms with van der Waals surface area (Å²) in [7, 11) is 0. The summed E-state index contributed by atoms with van der Waals surface area (Å²) in [6.45, 7) is 4.33. The van der Waals surface area contributed by atoms with Crippen LogP contribution in [0.5, 0.6) is 0 Å². The highest BCUT2D eigenvalue weighted by Crippen LogP contribution is 2.45. The predicted octanol–water partition coefficient (Wildman–Crippen LogP) is 5.22. The monoisotopic (exact) mass is 424 g/mol. The Morgan fingerprint density at radius 2 is 1.86 bits per heavy atom. The molecule has 1 fully saturated rings. The molecular formula is C23H21ClN2O2S. The summed E-state index contributed by atoms with van der Waals surface area (Å²) in [5.74, 6) is -0.153. The van der Waals surface area contributed by atoms with E-state index < -0.39 is 0 Å². The maximum atomic E-state index is 12.6. The molecule has 29 heavy (non-hydrogen) atoms. The van der Waals surface area contributed by atoms with Crippen LogP contribution in [0.3, 0.4) is 0 Å². The number of benzene rings is 2. The second-order valence-electron chi connectivity index (χ2n) is 7.69. The van der Waals surface area contributed by atoms with E-state index in [1.54, 1.807) is 0 Å². The number of nitrogens with zero attached hydrogens (tertiary/aromatic N) is 2. The van der Waals surface area contributed by atoms with Crippen LogP contribution in [0, 0.1) is 0 Å². The van der Waals surface area contributed by atoms with Gasteiger partial charge < -0.3 is 9.64 Å². The number of hydrogen-bond acceptors (Lipinski definition) is 4. The number of piperidine rings is 1. The van der Waals surface area contributed by atoms with Crippen LogP contribution >= 0.6 is 23.4 Å². The molecule has 4 nitrogen and oxygen atoms in total. The highest BCUT2D eigenvalue weighted by molar-refractivity contribution is 8.18. The van der Waals surface area contributed by atoms with Crippen LogP contribution in [-0.2, 0) is 21.7 Å². The van der Waals surface area contributed by atoms with Gasteiger partial charge in [-0.3, -0.25) is 4.79 Å². The highest BCUT2D eigenvalue weighted by atomic mass is 35.5. The number of aliphatic imine (C=N–C) groups is 1. The van der Waals surface area contributed by atoms with Gasteiger partial charge in [0.15, 0.2) is 5.17 Å². The summed E-state index contributed by atoms with van der Waals surface area (Å²) in [6, 6.07) is 16.1. The molecule has 0 bridgehead atoms. The SMILES string of the molecule is C/C(=C1\SC(N2CCC3(CC2)OCc2ccccc23)=NC1=O)c1ccc(Cl)cc1. The average Bonchev–Trinajstić information content (AvgIpc) is 3.30. The second kappa shape index (κ2) is 7.31. The fourth-order valence-electron chi connectivity index (χ4n) is 4.36. The van der Waals surface area contributed by atoms with Crippen LogP contribution in [0.1, 0.15) is 36.5 Å². The van der Waals surface area contributed by atoms with Gasteiger partial charge in [-0.05, 0) is 65.9 Å². The van der Waals surface area contributed by atoms with Gasteiger partial charge in [0.25, 0.3) is 5.91 Å². The maximum Gasteiger partial charge on any atom is 0.286 e. The zero-order valence-electron chi connectivity index (χ0n) is 16.2. The number of hydrogen-bond donors (Lipinski definition) is 0. The molecule has 2 aromatic rings. The molecule has 1 spiro atoms. The van der Waals surface area contributed by atoms with Crippen LogP contribution in [0.25, 0.3) is 5.57 Å². The number of halogens is 1. The minimum atomic E-state index is -0.182. The molecule has 2 aromatic carbocycles. The van der Waals surface area contributed by atoms with Gasteiger partial charge in [-0.2, -0.15) is 4.99 Å². The maximum absolute atomic E-state index is 12.6. The molecule has 3 aliphatic heterocycles. The quantitative estimate of drug-likeness (QED) is 0.588. The van der Waals surface area contributed by atoms with Crippen molar-refractivity contribution in [1.29, 1.82) is 0 Å². The van der Waals surface area contributed by atoms with Crippen molar-refractivity contribution in [3.05, 3.63) is 75.1 Å². The molecule has 3 heterocycles. The minimum absolute atomic E-state index is 0.153. The summed E-state index contributed by atoms with van der Waals surface area (Å²) in [5.41, 5.74) is 4.38. The topological polar surface area (TPSA) is 41.9 Å². The largest absolute Gasteiger partial charge is 0.365 e. The summed E-state index contributed by atoms with van der Waals surface area (Å²) in [6.07, 6.45) is 1.82. The third kappa shape index (κ3) is 3.31. The van der Waals surface area contributed by atoms with E-state index in [0.717, 1.165) is 42.2 Å². The van der Waals surface area contributed by atoms with E-state index >= 15 is 0 Å². The van der Waals surface area contributed by atoms with Crippen molar-refractivity contribution in [3.63, 3.8) is 0 Å². The molecular weight excluding hydrogens is 404 g/mol. The zero-order valence-corrected chi connectivity index (χ0v) is 17.7. The molecule has 0 aromatic heterocycles. The number of likely N-dealkylation sites (tertiary alicyclic amines) is 1. The van der Waals surface area contributed by atoms with Crippen LogP contribution in [0.2, 0.25) is 5.02 Å². The van der Waals surface area contributed by atoms with Crippen molar-refractivity contribution < 1.29 is 9.53 Å². The average molecular weight is 425 g/mol. The Labute approximate surface area is 179 Å². The third-order valence-corrected chi connectivity index (χ3v) is 7.53. The molecule has 0 radical (unpaired) electrons. The minimum Gasteiger partial charge on any atom is -0.365 e. The lowest BCUT2D eigenvalue weighted by Gasteiger charge is -2.39. The standard InChI is InChI=1S/C23H21ClN2O2S/c1-15(16-6-8-18(24)9-7-16)20-21(27)25-22(29-20)26-12-10-23(11-13-26)19-5-3-2-4-17(19)14-28-23/h2-9H,10-14H2,1H3/b20-15+. The first-order chi connectivity index (χ1) is 14.1. The molecule has 148 valence electrons. The summed E-state index contributed by atoms with van der Waals surface area (Å²) >= 11 is 7.47. The fraction of sp³-hybridized carbons (Fsp3) is 0.304. The number of carbonyl (C=O) groups is 1. The van der Waals surface area contributed by atoms with Crippen LogP contribution in [0.15, 0.2) is 58.4 Å². The fourth-order valence-corrected chi connectivity index (χ4v) is 5.51. The summed E-state index contributed by atoms with van der Waals surface area (Å²) in [5, 5.41) is 1.49. The second-order valence-corrected chi connectivity index (χ2v) is 9.10. The van der Waals surface area contributed by atoms with E-state index in [2.05, 4.69) is 34.2 Å². The molecule has 5 rings (SSSR count). The van der Waals surface area contributed by atoms with Gasteiger partial charge in [-0.25, -0.2) is 0 Å². The zero-order chi connectivity index (χ0) is 20.0. The first kappa shape index (κ1) is 18.9. The Balaban J connectivity index is 1.31. The van der Waals surface area contributed by atoms with E-state index in [9.17, 15) is 4.79 Å². The van der Waals surface area contributed by atoms with E-state index in [1.165, 1.54) is 22.9 Å². The number of amides is 1. The Morgan fingerprint density at radius 1 is 1.14 bits per heavy atom. The smallest absolute Gasteiger partial charge is 0.286 e. The van der Waals surface area contributed by atoms with Gasteiger partial charge in [0.05, 0.1) is 17.1 Å². The first-order valence-corrected chi connectivity index (χ1v) is 11.0. The Bertz CT molecular complexity index is 1040. The number of thioether (sulfide) groups is 1. The van der Waals surface area contributed by atoms with Gasteiger partial charge in [0.1, 0.15) is 0 Å². The van der Waals surface area contributed by atoms with Crippen molar-refractivity contribution in [2.24, 2.45) is 4.99 Å². The molecule has 0 aliphatic carbocycles. The van der Waals surface area contributed by atoms with Crippen molar-refractivity contribution in [3.8, 4) is 0 Å². The molecule has 0 N–H and O–H groups in total. The molecule has 1 amide bonds. The first-order valence-electron chi connectivity index (χ1n) is 9.81. The van der Waals surface area contributed by atoms with Gasteiger partial charge in [0, 0.05) is 18.1 Å². The van der Waals surface area contributed by atoms with Crippen molar-refractivity contribution >= 4 is 40.0 Å². The van der Waals surface area contributed by atoms with Gasteiger partial charge in [-0.15, -0.1) is 0 Å². The van der Waals surface area contributed by atoms with Crippen LogP contribution in [0.4, 0.5) is 0 Å². The molecule has 0 unspecified atom stereocenters. The van der Waals surface area contributed by atoms with E-state index in [-0.39, 0.29) is 11.5 Å². The number of rotatable bonds is 1. The van der Waals surface area contributed by atoms with Crippen LogP contribution in [-0.4, -0.2) is 29.1 Å². The normalized spacial score (nSPS) is 22.1. The lowest BCUT2D eigenvalue weighted by Crippen LogP contribution is -2.44. The van der Waals surface area contributed by atoms with Gasteiger partial charge in [0.2, 0.25) is 0 Å². The number of ether oxygens (including phenoxy) is 1. The number of carbonyl (C=O) groups excluding carboxylic acids is 1. The van der Waals surface area contributed by atoms with Gasteiger partial charge >= 0.3 is 0 Å². The van der Waals surface area contributed by atoms with Crippen molar-refractivity contribution in [2.45, 2.75) is 32.0 Å². The highest BCUT2D eigenvalue weighted by Gasteiger charge is 2.43. The van der Waals surface area contributed by atoms with Gasteiger partial charge in [-0.1, -0.05) is 48.0 Å². The molecule has 3 aliphatic rings. The van der Waals surface area contributed by atoms with Crippen molar-refractivity contribution in [2.75, 3.05) is 13.1 Å². The molecule has 6 heteroatoms. The summed E-state index contributed by atoms with van der Waals surface area (Å²) < 4.78 is 6.25. The summed E-state index contributed by atoms with van der Waals surface area (Å²) in [4.78, 5) is 19.9.